The van der Waals surface area contributed by atoms with E-state index in [0.717, 1.165) is 11.3 Å². The van der Waals surface area contributed by atoms with E-state index in [2.05, 4.69) is 5.32 Å². The molecule has 2 amide bonds. The molecule has 0 radical (unpaired) electrons. The number of nitrogens with zero attached hydrogens (tertiary/aromatic N) is 1. The minimum Gasteiger partial charge on any atom is -0.497 e. The first-order chi connectivity index (χ1) is 15.5. The lowest BCUT2D eigenvalue weighted by Crippen LogP contribution is -2.52. The first kappa shape index (κ1) is 26.8. The Labute approximate surface area is 206 Å². The molecule has 2 rings (SSSR count). The lowest BCUT2D eigenvalue weighted by molar-refractivity contribution is -0.141. The van der Waals surface area contributed by atoms with E-state index in [1.807, 2.05) is 45.0 Å². The Morgan fingerprint density at radius 2 is 1.70 bits per heavy atom. The van der Waals surface area contributed by atoms with E-state index in [1.165, 1.54) is 0 Å². The predicted molar refractivity (Wildman–Crippen MR) is 132 cm³/mol. The predicted octanol–water partition coefficient (Wildman–Crippen LogP) is 5.49. The minimum absolute atomic E-state index is 0.157. The summed E-state index contributed by atoms with van der Waals surface area (Å²) in [4.78, 5) is 27.5. The van der Waals surface area contributed by atoms with Crippen molar-refractivity contribution in [1.82, 2.24) is 10.2 Å². The standard InChI is InChI=1S/C25H32Cl2N2O4/c1-17(24(31)28-25(2,3)4)29(16-18-8-9-19(26)15-22(18)27)23(30)7-6-14-33-21-12-10-20(32-5)11-13-21/h8-13,15,17H,6-7,14,16H2,1-5H3,(H,28,31)/t17-/m0/s1. The van der Waals surface area contributed by atoms with Gasteiger partial charge in [-0.2, -0.15) is 0 Å². The summed E-state index contributed by atoms with van der Waals surface area (Å²) in [5.74, 6) is 1.06. The van der Waals surface area contributed by atoms with Crippen molar-refractivity contribution in [2.45, 2.75) is 58.7 Å². The molecule has 0 saturated heterocycles. The lowest BCUT2D eigenvalue weighted by Gasteiger charge is -2.31. The first-order valence-corrected chi connectivity index (χ1v) is 11.6. The van der Waals surface area contributed by atoms with E-state index < -0.39 is 11.6 Å². The summed E-state index contributed by atoms with van der Waals surface area (Å²) in [6.07, 6.45) is 0.734. The average Bonchev–Trinajstić information content (AvgIpc) is 2.75. The Morgan fingerprint density at radius 3 is 2.27 bits per heavy atom. The maximum absolute atomic E-state index is 13.1. The summed E-state index contributed by atoms with van der Waals surface area (Å²) in [5.41, 5.74) is 0.309. The molecule has 0 bridgehead atoms. The molecule has 1 atom stereocenters. The molecule has 0 aliphatic heterocycles. The summed E-state index contributed by atoms with van der Waals surface area (Å²) in [7, 11) is 1.60. The summed E-state index contributed by atoms with van der Waals surface area (Å²) in [5, 5.41) is 3.90. The molecule has 0 fully saturated rings. The van der Waals surface area contributed by atoms with Gasteiger partial charge in [0, 0.05) is 28.5 Å². The monoisotopic (exact) mass is 494 g/mol. The Morgan fingerprint density at radius 1 is 1.06 bits per heavy atom. The number of carbonyl (C=O) groups excluding carboxylic acids is 2. The SMILES string of the molecule is COc1ccc(OCCCC(=O)N(Cc2ccc(Cl)cc2Cl)[C@@H](C)C(=O)NC(C)(C)C)cc1. The molecule has 180 valence electrons. The molecule has 0 aliphatic rings. The van der Waals surface area contributed by atoms with Crippen LogP contribution in [0, 0.1) is 0 Å². The van der Waals surface area contributed by atoms with Gasteiger partial charge in [-0.15, -0.1) is 0 Å². The molecule has 0 spiro atoms. The van der Waals surface area contributed by atoms with Crippen molar-refractivity contribution in [3.8, 4) is 11.5 Å². The molecule has 2 aromatic rings. The fourth-order valence-electron chi connectivity index (χ4n) is 3.12. The maximum atomic E-state index is 13.1. The van der Waals surface area contributed by atoms with Crippen LogP contribution in [0.25, 0.3) is 0 Å². The zero-order valence-corrected chi connectivity index (χ0v) is 21.3. The zero-order valence-electron chi connectivity index (χ0n) is 19.8. The van der Waals surface area contributed by atoms with Crippen LogP contribution in [-0.4, -0.2) is 42.0 Å². The van der Waals surface area contributed by atoms with Crippen LogP contribution in [-0.2, 0) is 16.1 Å². The number of amides is 2. The van der Waals surface area contributed by atoms with Crippen LogP contribution in [0.5, 0.6) is 11.5 Å². The zero-order chi connectivity index (χ0) is 24.6. The van der Waals surface area contributed by atoms with Crippen LogP contribution in [0.3, 0.4) is 0 Å². The van der Waals surface area contributed by atoms with Crippen LogP contribution >= 0.6 is 23.2 Å². The van der Waals surface area contributed by atoms with Crippen LogP contribution in [0.1, 0.15) is 46.1 Å². The number of ether oxygens (including phenoxy) is 2. The Bertz CT molecular complexity index is 942. The molecule has 0 aromatic heterocycles. The van der Waals surface area contributed by atoms with Crippen LogP contribution in [0.15, 0.2) is 42.5 Å². The van der Waals surface area contributed by atoms with Crippen molar-refractivity contribution in [3.05, 3.63) is 58.1 Å². The summed E-state index contributed by atoms with van der Waals surface area (Å²) >= 11 is 12.3. The number of halogens is 2. The largest absolute Gasteiger partial charge is 0.497 e. The van der Waals surface area contributed by atoms with E-state index >= 15 is 0 Å². The smallest absolute Gasteiger partial charge is 0.242 e. The molecule has 0 saturated carbocycles. The van der Waals surface area contributed by atoms with Gasteiger partial charge in [-0.3, -0.25) is 9.59 Å². The Hall–Kier alpha value is -2.44. The molecular formula is C25H32Cl2N2O4. The van der Waals surface area contributed by atoms with Crippen LogP contribution in [0.4, 0.5) is 0 Å². The van der Waals surface area contributed by atoms with Crippen molar-refractivity contribution in [1.29, 1.82) is 0 Å². The number of carbonyl (C=O) groups is 2. The first-order valence-electron chi connectivity index (χ1n) is 10.8. The van der Waals surface area contributed by atoms with E-state index in [0.29, 0.717) is 28.8 Å². The van der Waals surface area contributed by atoms with Gasteiger partial charge in [-0.25, -0.2) is 0 Å². The highest BCUT2D eigenvalue weighted by Crippen LogP contribution is 2.24. The number of methoxy groups -OCH3 is 1. The summed E-state index contributed by atoms with van der Waals surface area (Å²) in [6.45, 7) is 7.99. The number of nitrogens with one attached hydrogen (secondary N) is 1. The molecule has 1 N–H and O–H groups in total. The van der Waals surface area contributed by atoms with Crippen molar-refractivity contribution >= 4 is 35.0 Å². The molecule has 6 nitrogen and oxygen atoms in total. The van der Waals surface area contributed by atoms with Gasteiger partial charge in [-0.05, 0) is 76.1 Å². The fraction of sp³-hybridized carbons (Fsp3) is 0.440. The van der Waals surface area contributed by atoms with Gasteiger partial charge in [0.25, 0.3) is 0 Å². The number of benzene rings is 2. The van der Waals surface area contributed by atoms with Crippen molar-refractivity contribution in [2.24, 2.45) is 0 Å². The van der Waals surface area contributed by atoms with Gasteiger partial charge in [0.2, 0.25) is 11.8 Å². The van der Waals surface area contributed by atoms with Crippen LogP contribution in [0.2, 0.25) is 10.0 Å². The summed E-state index contributed by atoms with van der Waals surface area (Å²) < 4.78 is 10.9. The van der Waals surface area contributed by atoms with Crippen molar-refractivity contribution < 1.29 is 19.1 Å². The topological polar surface area (TPSA) is 67.9 Å². The second kappa shape index (κ2) is 12.1. The van der Waals surface area contributed by atoms with E-state index in [4.69, 9.17) is 32.7 Å². The van der Waals surface area contributed by atoms with E-state index in [9.17, 15) is 9.59 Å². The van der Waals surface area contributed by atoms with E-state index in [1.54, 1.807) is 37.1 Å². The van der Waals surface area contributed by atoms with Crippen molar-refractivity contribution in [3.63, 3.8) is 0 Å². The highest BCUT2D eigenvalue weighted by molar-refractivity contribution is 6.35. The maximum Gasteiger partial charge on any atom is 0.242 e. The average molecular weight is 495 g/mol. The normalized spacial score (nSPS) is 12.1. The molecule has 0 unspecified atom stereocenters. The molecule has 8 heteroatoms. The number of hydrogen-bond donors (Lipinski definition) is 1. The molecule has 33 heavy (non-hydrogen) atoms. The second-order valence-electron chi connectivity index (χ2n) is 8.80. The minimum atomic E-state index is -0.675. The third-order valence-electron chi connectivity index (χ3n) is 4.88. The molecule has 0 aliphatic carbocycles. The van der Waals surface area contributed by atoms with Gasteiger partial charge in [0.05, 0.1) is 13.7 Å². The molecule has 0 heterocycles. The van der Waals surface area contributed by atoms with Gasteiger partial charge in [-0.1, -0.05) is 29.3 Å². The van der Waals surface area contributed by atoms with Crippen LogP contribution < -0.4 is 14.8 Å². The molecule has 2 aromatic carbocycles. The third-order valence-corrected chi connectivity index (χ3v) is 5.47. The highest BCUT2D eigenvalue weighted by atomic mass is 35.5. The number of hydrogen-bond acceptors (Lipinski definition) is 4. The molecular weight excluding hydrogens is 463 g/mol. The quantitative estimate of drug-likeness (QED) is 0.443. The highest BCUT2D eigenvalue weighted by Gasteiger charge is 2.28. The fourth-order valence-corrected chi connectivity index (χ4v) is 3.59. The van der Waals surface area contributed by atoms with Gasteiger partial charge >= 0.3 is 0 Å². The third kappa shape index (κ3) is 8.78. The van der Waals surface area contributed by atoms with Gasteiger partial charge < -0.3 is 19.7 Å². The van der Waals surface area contributed by atoms with Gasteiger partial charge in [0.1, 0.15) is 17.5 Å². The van der Waals surface area contributed by atoms with Crippen molar-refractivity contribution in [2.75, 3.05) is 13.7 Å². The van der Waals surface area contributed by atoms with E-state index in [-0.39, 0.29) is 24.8 Å². The Kier molecular flexibility index (Phi) is 9.87. The second-order valence-corrected chi connectivity index (χ2v) is 9.64. The van der Waals surface area contributed by atoms with Gasteiger partial charge in [0.15, 0.2) is 0 Å². The summed E-state index contributed by atoms with van der Waals surface area (Å²) in [6, 6.07) is 11.7. The Balaban J connectivity index is 2.05. The lowest BCUT2D eigenvalue weighted by atomic mass is 10.1. The number of rotatable bonds is 10.